The van der Waals surface area contributed by atoms with Crippen LogP contribution in [0, 0.1) is 0 Å². The van der Waals surface area contributed by atoms with E-state index in [-0.39, 0.29) is 30.9 Å². The predicted molar refractivity (Wildman–Crippen MR) is 93.3 cm³/mol. The van der Waals surface area contributed by atoms with E-state index in [1.165, 1.54) is 51.4 Å². The first-order chi connectivity index (χ1) is 11.1. The number of hydrogen-bond donors (Lipinski definition) is 0. The van der Waals surface area contributed by atoms with E-state index in [4.69, 9.17) is 9.47 Å². The summed E-state index contributed by atoms with van der Waals surface area (Å²) in [6, 6.07) is 0. The van der Waals surface area contributed by atoms with E-state index in [2.05, 4.69) is 6.92 Å². The summed E-state index contributed by atoms with van der Waals surface area (Å²) in [5.41, 5.74) is 0. The number of unbranched alkanes of at least 4 members (excludes halogenated alkanes) is 9. The summed E-state index contributed by atoms with van der Waals surface area (Å²) in [7, 11) is 0. The lowest BCUT2D eigenvalue weighted by molar-refractivity contribution is -0.152. The number of hydrogen-bond acceptors (Lipinski definition) is 4. The number of rotatable bonds is 15. The van der Waals surface area contributed by atoms with Gasteiger partial charge in [-0.15, -0.1) is 0 Å². The van der Waals surface area contributed by atoms with Gasteiger partial charge in [-0.1, -0.05) is 64.7 Å². The van der Waals surface area contributed by atoms with Gasteiger partial charge in [0.2, 0.25) is 0 Å². The highest BCUT2D eigenvalue weighted by molar-refractivity contribution is 5.77. The van der Waals surface area contributed by atoms with Gasteiger partial charge in [-0.2, -0.15) is 0 Å². The first-order valence-corrected chi connectivity index (χ1v) is 9.41. The lowest BCUT2D eigenvalue weighted by Gasteiger charge is -2.08. The first-order valence-electron chi connectivity index (χ1n) is 9.41. The summed E-state index contributed by atoms with van der Waals surface area (Å²) in [6.45, 7) is 6.29. The maximum atomic E-state index is 11.5. The Morgan fingerprint density at radius 1 is 0.739 bits per heavy atom. The molecule has 0 fully saturated rings. The van der Waals surface area contributed by atoms with Gasteiger partial charge in [0.15, 0.2) is 0 Å². The Kier molecular flexibility index (Phi) is 15.1. The summed E-state index contributed by atoms with van der Waals surface area (Å²) in [4.78, 5) is 22.8. The molecule has 0 aliphatic rings. The van der Waals surface area contributed by atoms with Crippen LogP contribution in [0.15, 0.2) is 0 Å². The zero-order valence-corrected chi connectivity index (χ0v) is 15.4. The van der Waals surface area contributed by atoms with Crippen LogP contribution in [-0.4, -0.2) is 24.6 Å². The van der Waals surface area contributed by atoms with Crippen LogP contribution in [0.3, 0.4) is 0 Å². The molecule has 0 amide bonds. The van der Waals surface area contributed by atoms with E-state index in [1.807, 2.05) is 0 Å². The van der Waals surface area contributed by atoms with Crippen LogP contribution in [0.1, 0.15) is 97.8 Å². The summed E-state index contributed by atoms with van der Waals surface area (Å²) in [5.74, 6) is -0.641. The molecule has 136 valence electrons. The number of esters is 2. The SMILES string of the molecule is CCCCCCCCCCCCOC(=O)CCC(=O)OC(C)C. The molecule has 0 unspecified atom stereocenters. The molecule has 0 N–H and O–H groups in total. The topological polar surface area (TPSA) is 52.6 Å². The minimum Gasteiger partial charge on any atom is -0.466 e. The van der Waals surface area contributed by atoms with Gasteiger partial charge in [-0.05, 0) is 20.3 Å². The van der Waals surface area contributed by atoms with Crippen LogP contribution >= 0.6 is 0 Å². The fourth-order valence-corrected chi connectivity index (χ4v) is 2.37. The van der Waals surface area contributed by atoms with Crippen LogP contribution in [0.2, 0.25) is 0 Å². The van der Waals surface area contributed by atoms with E-state index in [0.717, 1.165) is 12.8 Å². The van der Waals surface area contributed by atoms with Crippen molar-refractivity contribution in [2.24, 2.45) is 0 Å². The molecule has 0 atom stereocenters. The molecule has 0 aliphatic heterocycles. The Bertz CT molecular complexity index is 300. The molecule has 0 aromatic heterocycles. The lowest BCUT2D eigenvalue weighted by Crippen LogP contribution is -2.14. The Balaban J connectivity index is 3.28. The van der Waals surface area contributed by atoms with Gasteiger partial charge in [0.25, 0.3) is 0 Å². The molecular weight excluding hydrogens is 292 g/mol. The molecule has 0 radical (unpaired) electrons. The normalized spacial score (nSPS) is 10.8. The van der Waals surface area contributed by atoms with Crippen molar-refractivity contribution in [1.82, 2.24) is 0 Å². The van der Waals surface area contributed by atoms with Crippen molar-refractivity contribution >= 4 is 11.9 Å². The van der Waals surface area contributed by atoms with Crippen molar-refractivity contribution in [2.75, 3.05) is 6.61 Å². The smallest absolute Gasteiger partial charge is 0.306 e. The molecule has 0 saturated heterocycles. The Labute approximate surface area is 142 Å². The van der Waals surface area contributed by atoms with E-state index >= 15 is 0 Å². The highest BCUT2D eigenvalue weighted by Crippen LogP contribution is 2.10. The Morgan fingerprint density at radius 3 is 1.74 bits per heavy atom. The van der Waals surface area contributed by atoms with Crippen LogP contribution < -0.4 is 0 Å². The second kappa shape index (κ2) is 15.8. The molecule has 4 nitrogen and oxygen atoms in total. The van der Waals surface area contributed by atoms with Crippen LogP contribution in [-0.2, 0) is 19.1 Å². The zero-order chi connectivity index (χ0) is 17.3. The van der Waals surface area contributed by atoms with Crippen molar-refractivity contribution in [2.45, 2.75) is 104 Å². The average molecular weight is 328 g/mol. The van der Waals surface area contributed by atoms with Crippen LogP contribution in [0.25, 0.3) is 0 Å². The molecule has 4 heteroatoms. The second-order valence-corrected chi connectivity index (χ2v) is 6.44. The standard InChI is InChI=1S/C19H36O4/c1-4-5-6-7-8-9-10-11-12-13-16-22-18(20)14-15-19(21)23-17(2)3/h17H,4-16H2,1-3H3. The largest absolute Gasteiger partial charge is 0.466 e. The minimum absolute atomic E-state index is 0.106. The summed E-state index contributed by atoms with van der Waals surface area (Å²) >= 11 is 0. The molecule has 0 aliphatic carbocycles. The molecule has 0 bridgehead atoms. The average Bonchev–Trinajstić information content (AvgIpc) is 2.50. The molecule has 0 spiro atoms. The number of carbonyl (C=O) groups excluding carboxylic acids is 2. The van der Waals surface area contributed by atoms with Gasteiger partial charge in [0.05, 0.1) is 25.6 Å². The third kappa shape index (κ3) is 17.1. The first kappa shape index (κ1) is 21.9. The van der Waals surface area contributed by atoms with E-state index in [0.29, 0.717) is 6.61 Å². The summed E-state index contributed by atoms with van der Waals surface area (Å²) in [6.07, 6.45) is 12.7. The monoisotopic (exact) mass is 328 g/mol. The van der Waals surface area contributed by atoms with Gasteiger partial charge in [-0.3, -0.25) is 9.59 Å². The van der Waals surface area contributed by atoms with Gasteiger partial charge >= 0.3 is 11.9 Å². The Morgan fingerprint density at radius 2 is 1.22 bits per heavy atom. The third-order valence-electron chi connectivity index (χ3n) is 3.66. The van der Waals surface area contributed by atoms with Gasteiger partial charge in [0.1, 0.15) is 0 Å². The maximum absolute atomic E-state index is 11.5. The van der Waals surface area contributed by atoms with Gasteiger partial charge < -0.3 is 9.47 Å². The van der Waals surface area contributed by atoms with Crippen molar-refractivity contribution in [3.8, 4) is 0 Å². The zero-order valence-electron chi connectivity index (χ0n) is 15.4. The predicted octanol–water partition coefficient (Wildman–Crippen LogP) is 5.18. The molecule has 0 saturated carbocycles. The minimum atomic E-state index is -0.337. The highest BCUT2D eigenvalue weighted by atomic mass is 16.5. The Hall–Kier alpha value is -1.06. The summed E-state index contributed by atoms with van der Waals surface area (Å²) in [5, 5.41) is 0. The maximum Gasteiger partial charge on any atom is 0.306 e. The lowest BCUT2D eigenvalue weighted by atomic mass is 10.1. The fraction of sp³-hybridized carbons (Fsp3) is 0.895. The van der Waals surface area contributed by atoms with E-state index in [9.17, 15) is 9.59 Å². The van der Waals surface area contributed by atoms with Crippen molar-refractivity contribution < 1.29 is 19.1 Å². The summed E-state index contributed by atoms with van der Waals surface area (Å²) < 4.78 is 10.1. The fourth-order valence-electron chi connectivity index (χ4n) is 2.37. The molecule has 0 aromatic carbocycles. The molecule has 0 heterocycles. The third-order valence-corrected chi connectivity index (χ3v) is 3.66. The van der Waals surface area contributed by atoms with E-state index < -0.39 is 0 Å². The number of carbonyl (C=O) groups is 2. The van der Waals surface area contributed by atoms with Crippen molar-refractivity contribution in [3.63, 3.8) is 0 Å². The van der Waals surface area contributed by atoms with Gasteiger partial charge in [-0.25, -0.2) is 0 Å². The van der Waals surface area contributed by atoms with E-state index in [1.54, 1.807) is 13.8 Å². The highest BCUT2D eigenvalue weighted by Gasteiger charge is 2.10. The quantitative estimate of drug-likeness (QED) is 0.307. The van der Waals surface area contributed by atoms with Gasteiger partial charge in [0, 0.05) is 0 Å². The second-order valence-electron chi connectivity index (χ2n) is 6.44. The van der Waals surface area contributed by atoms with Crippen LogP contribution in [0.4, 0.5) is 0 Å². The molecule has 23 heavy (non-hydrogen) atoms. The molecule has 0 aromatic rings. The molecule has 0 rings (SSSR count). The van der Waals surface area contributed by atoms with Crippen molar-refractivity contribution in [1.29, 1.82) is 0 Å². The van der Waals surface area contributed by atoms with Crippen molar-refractivity contribution in [3.05, 3.63) is 0 Å². The molecular formula is C19H36O4. The number of ether oxygens (including phenoxy) is 2. The van der Waals surface area contributed by atoms with Crippen LogP contribution in [0.5, 0.6) is 0 Å².